The molecule has 2 unspecified atom stereocenters. The molecule has 2 atom stereocenters. The van der Waals surface area contributed by atoms with Crippen molar-refractivity contribution >= 4 is 10.8 Å². The van der Waals surface area contributed by atoms with Crippen molar-refractivity contribution in [1.82, 2.24) is 4.98 Å². The van der Waals surface area contributed by atoms with E-state index in [9.17, 15) is 10.2 Å². The molecule has 0 saturated carbocycles. The number of aliphatic hydroxyl groups is 2. The molecule has 0 aliphatic heterocycles. The van der Waals surface area contributed by atoms with E-state index >= 15 is 0 Å². The van der Waals surface area contributed by atoms with Gasteiger partial charge >= 0.3 is 0 Å². The fourth-order valence-corrected chi connectivity index (χ4v) is 5.84. The number of benzene rings is 3. The smallest absolute Gasteiger partial charge is 0.0567 e. The molecule has 0 bridgehead atoms. The number of hydrogen-bond acceptors (Lipinski definition) is 3. The van der Waals surface area contributed by atoms with Crippen LogP contribution in [0, 0.1) is 31.7 Å². The molecule has 1 aliphatic carbocycles. The maximum Gasteiger partial charge on any atom is 0.0567 e. The third kappa shape index (κ3) is 8.10. The maximum absolute atomic E-state index is 9.54. The van der Waals surface area contributed by atoms with Crippen LogP contribution in [0.5, 0.6) is 0 Å². The number of aliphatic hydroxyl groups excluding tert-OH is 2. The van der Waals surface area contributed by atoms with Crippen LogP contribution < -0.4 is 0 Å². The minimum absolute atomic E-state index is 0. The Balaban J connectivity index is 0.000000272. The Hall–Kier alpha value is -2.36. The second kappa shape index (κ2) is 14.5. The standard InChI is InChI=1S/C25H20N.C11H24O2.Ir/c1-16-12-17(2)21-10-11-22-23-14-19(18-6-4-3-5-7-18)8-9-20(23)15-26-25(22)24(21)13-16;1-8(2)5-10(12)7-11(13)6-9(3)4;/h3-9,12,14-15H,10-11H2,1-2H3;8-13H,5-7H2,1-4H3;/q-1;;. The molecule has 4 heteroatoms. The largest absolute Gasteiger partial charge is 0.393 e. The molecule has 40 heavy (non-hydrogen) atoms. The van der Waals surface area contributed by atoms with E-state index in [2.05, 4.69) is 102 Å². The summed E-state index contributed by atoms with van der Waals surface area (Å²) in [6, 6.07) is 23.1. The van der Waals surface area contributed by atoms with Crippen LogP contribution in [0.2, 0.25) is 0 Å². The van der Waals surface area contributed by atoms with Gasteiger partial charge in [-0.15, -0.1) is 34.4 Å². The first-order valence-corrected chi connectivity index (χ1v) is 14.5. The molecular formula is C36H44IrNO2-. The first-order valence-electron chi connectivity index (χ1n) is 14.5. The van der Waals surface area contributed by atoms with Gasteiger partial charge in [-0.25, -0.2) is 0 Å². The molecule has 4 aromatic rings. The van der Waals surface area contributed by atoms with Gasteiger partial charge < -0.3 is 15.2 Å². The molecular weight excluding hydrogens is 671 g/mol. The van der Waals surface area contributed by atoms with Gasteiger partial charge in [-0.3, -0.25) is 0 Å². The van der Waals surface area contributed by atoms with Crippen molar-refractivity contribution in [2.45, 2.75) is 85.9 Å². The average molecular weight is 715 g/mol. The Bertz CT molecular complexity index is 1380. The minimum Gasteiger partial charge on any atom is -0.393 e. The van der Waals surface area contributed by atoms with E-state index in [4.69, 9.17) is 4.98 Å². The summed E-state index contributed by atoms with van der Waals surface area (Å²) in [6.07, 6.45) is 5.55. The molecule has 1 heterocycles. The van der Waals surface area contributed by atoms with Crippen LogP contribution in [0.4, 0.5) is 0 Å². The molecule has 1 aromatic heterocycles. The van der Waals surface area contributed by atoms with Crippen LogP contribution in [0.3, 0.4) is 0 Å². The van der Waals surface area contributed by atoms with Crippen molar-refractivity contribution in [3.63, 3.8) is 0 Å². The van der Waals surface area contributed by atoms with Gasteiger partial charge in [0.15, 0.2) is 0 Å². The predicted octanol–water partition coefficient (Wildman–Crippen LogP) is 8.27. The van der Waals surface area contributed by atoms with Crippen molar-refractivity contribution in [2.75, 3.05) is 0 Å². The maximum atomic E-state index is 9.54. The molecule has 0 spiro atoms. The summed E-state index contributed by atoms with van der Waals surface area (Å²) in [7, 11) is 0. The Morgan fingerprint density at radius 3 is 2.02 bits per heavy atom. The van der Waals surface area contributed by atoms with E-state index in [0.29, 0.717) is 18.3 Å². The fraction of sp³-hybridized carbons (Fsp3) is 0.417. The first kappa shape index (κ1) is 32.2. The topological polar surface area (TPSA) is 53.4 Å². The molecule has 1 aliphatic rings. The van der Waals surface area contributed by atoms with Gasteiger partial charge in [0, 0.05) is 26.3 Å². The number of nitrogens with zero attached hydrogens (tertiary/aromatic N) is 1. The Morgan fingerprint density at radius 2 is 1.40 bits per heavy atom. The Kier molecular flexibility index (Phi) is 11.7. The molecule has 2 N–H and O–H groups in total. The molecule has 0 fully saturated rings. The van der Waals surface area contributed by atoms with Crippen molar-refractivity contribution < 1.29 is 30.3 Å². The van der Waals surface area contributed by atoms with Crippen LogP contribution in [0.1, 0.15) is 69.2 Å². The monoisotopic (exact) mass is 715 g/mol. The Morgan fingerprint density at radius 1 is 0.775 bits per heavy atom. The van der Waals surface area contributed by atoms with Gasteiger partial charge in [-0.05, 0) is 71.2 Å². The van der Waals surface area contributed by atoms with Crippen molar-refractivity contribution in [3.05, 3.63) is 89.1 Å². The van der Waals surface area contributed by atoms with E-state index in [-0.39, 0.29) is 32.3 Å². The molecule has 0 amide bonds. The molecule has 3 aromatic carbocycles. The number of hydrogen-bond donors (Lipinski definition) is 2. The van der Waals surface area contributed by atoms with Gasteiger partial charge in [-0.1, -0.05) is 96.0 Å². The van der Waals surface area contributed by atoms with Crippen molar-refractivity contribution in [1.29, 1.82) is 0 Å². The second-order valence-electron chi connectivity index (χ2n) is 12.0. The average Bonchev–Trinajstić information content (AvgIpc) is 2.87. The molecule has 3 nitrogen and oxygen atoms in total. The molecule has 5 rings (SSSR count). The molecule has 0 saturated heterocycles. The van der Waals surface area contributed by atoms with Gasteiger partial charge in [0.2, 0.25) is 0 Å². The van der Waals surface area contributed by atoms with E-state index in [1.165, 1.54) is 49.7 Å². The quantitative estimate of drug-likeness (QED) is 0.190. The first-order chi connectivity index (χ1) is 18.6. The van der Waals surface area contributed by atoms with Gasteiger partial charge in [0.1, 0.15) is 0 Å². The zero-order valence-corrected chi connectivity index (χ0v) is 27.2. The molecule has 1 radical (unpaired) electrons. The summed E-state index contributed by atoms with van der Waals surface area (Å²) in [4.78, 5) is 4.84. The summed E-state index contributed by atoms with van der Waals surface area (Å²) in [5.74, 6) is 1.00. The number of rotatable bonds is 7. The van der Waals surface area contributed by atoms with E-state index in [0.717, 1.165) is 31.4 Å². The summed E-state index contributed by atoms with van der Waals surface area (Å²) >= 11 is 0. The zero-order chi connectivity index (χ0) is 28.1. The number of pyridine rings is 1. The van der Waals surface area contributed by atoms with Gasteiger partial charge in [0.25, 0.3) is 0 Å². The second-order valence-corrected chi connectivity index (χ2v) is 12.0. The number of aryl methyl sites for hydroxylation is 3. The third-order valence-corrected chi connectivity index (χ3v) is 7.53. The summed E-state index contributed by atoms with van der Waals surface area (Å²) in [5.41, 5.74) is 10.2. The normalized spacial score (nSPS) is 13.7. The summed E-state index contributed by atoms with van der Waals surface area (Å²) in [5, 5.41) is 21.6. The van der Waals surface area contributed by atoms with E-state index < -0.39 is 0 Å². The molecule has 215 valence electrons. The van der Waals surface area contributed by atoms with Crippen molar-refractivity contribution in [3.8, 4) is 22.4 Å². The van der Waals surface area contributed by atoms with Crippen LogP contribution in [-0.2, 0) is 32.9 Å². The Labute approximate surface area is 254 Å². The fourth-order valence-electron chi connectivity index (χ4n) is 5.84. The SMILES string of the molecule is CC(C)CC(O)CC(O)CC(C)C.Cc1[c-]c2c(c(C)c1)CCc1c-2ncc2ccc(-c3ccccc3)cc12.[Ir]. The number of aromatic nitrogens is 1. The zero-order valence-electron chi connectivity index (χ0n) is 24.8. The van der Waals surface area contributed by atoms with Crippen LogP contribution in [-0.4, -0.2) is 27.4 Å². The minimum atomic E-state index is -0.339. The van der Waals surface area contributed by atoms with Crippen LogP contribution >= 0.6 is 0 Å². The predicted molar refractivity (Wildman–Crippen MR) is 164 cm³/mol. The van der Waals surface area contributed by atoms with Crippen LogP contribution in [0.25, 0.3) is 33.2 Å². The van der Waals surface area contributed by atoms with Gasteiger partial charge in [0.05, 0.1) is 12.2 Å². The van der Waals surface area contributed by atoms with E-state index in [1.54, 1.807) is 0 Å². The number of fused-ring (bicyclic) bond motifs is 5. The van der Waals surface area contributed by atoms with Crippen LogP contribution in [0.15, 0.2) is 60.8 Å². The summed E-state index contributed by atoms with van der Waals surface area (Å²) in [6.45, 7) is 12.7. The summed E-state index contributed by atoms with van der Waals surface area (Å²) < 4.78 is 0. The van der Waals surface area contributed by atoms with Crippen molar-refractivity contribution in [2.24, 2.45) is 11.8 Å². The van der Waals surface area contributed by atoms with E-state index in [1.807, 2.05) is 6.20 Å². The van der Waals surface area contributed by atoms with Gasteiger partial charge in [-0.2, -0.15) is 0 Å². The third-order valence-electron chi connectivity index (χ3n) is 7.53.